The Morgan fingerprint density at radius 2 is 1.87 bits per heavy atom. The standard InChI is InChI=1S/C27H25F4N5O3/c28-22-7-3-2-6-18(22)15-24-33-25(36-35-24)26(38)34-23-14-17(10-11-32-23)20-16-19(39-13-5-1-4-12-37)8-9-21(20)27(29,30)31/h2-3,6-11,14,16,37H,1,4-5,12-13,15H2,(H,32,34,38)(H,33,35,36). The fourth-order valence-corrected chi connectivity index (χ4v) is 3.82. The number of halogens is 4. The Balaban J connectivity index is 1.51. The predicted octanol–water partition coefficient (Wildman–Crippen LogP) is 5.41. The van der Waals surface area contributed by atoms with E-state index in [1.165, 1.54) is 36.5 Å². The van der Waals surface area contributed by atoms with E-state index >= 15 is 0 Å². The number of anilines is 1. The molecule has 4 rings (SSSR count). The summed E-state index contributed by atoms with van der Waals surface area (Å²) in [6.07, 6.45) is -1.28. The van der Waals surface area contributed by atoms with Gasteiger partial charge in [-0.2, -0.15) is 13.2 Å². The van der Waals surface area contributed by atoms with Crippen molar-refractivity contribution >= 4 is 11.7 Å². The largest absolute Gasteiger partial charge is 0.494 e. The molecule has 4 aromatic rings. The molecule has 0 spiro atoms. The van der Waals surface area contributed by atoms with Crippen molar-refractivity contribution in [2.75, 3.05) is 18.5 Å². The van der Waals surface area contributed by atoms with Gasteiger partial charge in [-0.1, -0.05) is 18.2 Å². The molecule has 0 aliphatic heterocycles. The second-order valence-corrected chi connectivity index (χ2v) is 8.60. The van der Waals surface area contributed by atoms with Gasteiger partial charge in [-0.25, -0.2) is 14.4 Å². The highest BCUT2D eigenvalue weighted by molar-refractivity contribution is 6.01. The van der Waals surface area contributed by atoms with Crippen molar-refractivity contribution in [3.8, 4) is 16.9 Å². The molecule has 2 heterocycles. The SMILES string of the molecule is O=C(Nc1cc(-c2cc(OCCCCCO)ccc2C(F)(F)F)ccn1)c1n[nH]c(Cc2ccccc2F)n1. The van der Waals surface area contributed by atoms with Crippen molar-refractivity contribution in [1.82, 2.24) is 20.2 Å². The highest BCUT2D eigenvalue weighted by Gasteiger charge is 2.34. The number of hydrogen-bond acceptors (Lipinski definition) is 6. The molecule has 0 aliphatic rings. The van der Waals surface area contributed by atoms with Crippen LogP contribution < -0.4 is 10.1 Å². The van der Waals surface area contributed by atoms with Gasteiger partial charge < -0.3 is 15.2 Å². The number of benzene rings is 2. The molecule has 8 nitrogen and oxygen atoms in total. The van der Waals surface area contributed by atoms with E-state index in [-0.39, 0.29) is 54.0 Å². The predicted molar refractivity (Wildman–Crippen MR) is 135 cm³/mol. The summed E-state index contributed by atoms with van der Waals surface area (Å²) >= 11 is 0. The Kier molecular flexibility index (Phi) is 8.87. The van der Waals surface area contributed by atoms with Gasteiger partial charge >= 0.3 is 6.18 Å². The number of carbonyl (C=O) groups is 1. The van der Waals surface area contributed by atoms with E-state index in [4.69, 9.17) is 9.84 Å². The smallest absolute Gasteiger partial charge is 0.417 e. The first-order valence-corrected chi connectivity index (χ1v) is 12.1. The number of carbonyl (C=O) groups excluding carboxylic acids is 1. The molecule has 0 atom stereocenters. The summed E-state index contributed by atoms with van der Waals surface area (Å²) in [6, 6.07) is 12.3. The van der Waals surface area contributed by atoms with Gasteiger partial charge in [0.25, 0.3) is 5.91 Å². The number of H-pyrrole nitrogens is 1. The minimum atomic E-state index is -4.63. The van der Waals surface area contributed by atoms with Crippen LogP contribution in [0, 0.1) is 5.82 Å². The van der Waals surface area contributed by atoms with Crippen molar-refractivity contribution in [2.24, 2.45) is 0 Å². The van der Waals surface area contributed by atoms with E-state index in [9.17, 15) is 22.4 Å². The van der Waals surface area contributed by atoms with Gasteiger partial charge in [0, 0.05) is 19.2 Å². The zero-order valence-electron chi connectivity index (χ0n) is 20.6. The number of aliphatic hydroxyl groups is 1. The summed E-state index contributed by atoms with van der Waals surface area (Å²) < 4.78 is 60.9. The maximum Gasteiger partial charge on any atom is 0.417 e. The third-order valence-electron chi connectivity index (χ3n) is 5.73. The van der Waals surface area contributed by atoms with Crippen molar-refractivity contribution in [3.05, 3.63) is 89.4 Å². The van der Waals surface area contributed by atoms with Crippen LogP contribution in [0.5, 0.6) is 5.75 Å². The average Bonchev–Trinajstić information content (AvgIpc) is 3.38. The summed E-state index contributed by atoms with van der Waals surface area (Å²) in [5, 5.41) is 17.8. The molecule has 0 aliphatic carbocycles. The third kappa shape index (κ3) is 7.38. The number of aliphatic hydroxyl groups excluding tert-OH is 1. The van der Waals surface area contributed by atoms with E-state index in [0.717, 1.165) is 12.5 Å². The van der Waals surface area contributed by atoms with Crippen LogP contribution in [0.15, 0.2) is 60.8 Å². The van der Waals surface area contributed by atoms with Crippen LogP contribution in [0.3, 0.4) is 0 Å². The van der Waals surface area contributed by atoms with E-state index in [1.54, 1.807) is 18.2 Å². The molecule has 2 aromatic heterocycles. The lowest BCUT2D eigenvalue weighted by Gasteiger charge is -2.16. The second-order valence-electron chi connectivity index (χ2n) is 8.60. The number of aromatic amines is 1. The lowest BCUT2D eigenvalue weighted by Crippen LogP contribution is -2.15. The monoisotopic (exact) mass is 543 g/mol. The molecule has 3 N–H and O–H groups in total. The number of rotatable bonds is 11. The van der Waals surface area contributed by atoms with Gasteiger partial charge in [0.05, 0.1) is 12.2 Å². The fourth-order valence-electron chi connectivity index (χ4n) is 3.82. The van der Waals surface area contributed by atoms with Crippen LogP contribution >= 0.6 is 0 Å². The highest BCUT2D eigenvalue weighted by atomic mass is 19.4. The number of pyridine rings is 1. The maximum absolute atomic E-state index is 13.9. The van der Waals surface area contributed by atoms with E-state index in [0.29, 0.717) is 18.4 Å². The summed E-state index contributed by atoms with van der Waals surface area (Å²) in [5.41, 5.74) is -0.482. The molecular formula is C27H25F4N5O3. The van der Waals surface area contributed by atoms with Crippen molar-refractivity contribution in [3.63, 3.8) is 0 Å². The van der Waals surface area contributed by atoms with Crippen LogP contribution in [0.1, 0.15) is 46.8 Å². The first-order chi connectivity index (χ1) is 18.7. The Morgan fingerprint density at radius 1 is 1.05 bits per heavy atom. The maximum atomic E-state index is 13.9. The number of amides is 1. The zero-order chi connectivity index (χ0) is 27.8. The van der Waals surface area contributed by atoms with Gasteiger partial charge in [0.1, 0.15) is 23.2 Å². The van der Waals surface area contributed by atoms with Crippen LogP contribution in [0.2, 0.25) is 0 Å². The van der Waals surface area contributed by atoms with Crippen LogP contribution in [0.25, 0.3) is 11.1 Å². The first-order valence-electron chi connectivity index (χ1n) is 12.1. The Bertz CT molecular complexity index is 1420. The molecule has 1 amide bonds. The van der Waals surface area contributed by atoms with Crippen LogP contribution in [-0.4, -0.2) is 44.4 Å². The normalized spacial score (nSPS) is 11.4. The molecule has 39 heavy (non-hydrogen) atoms. The summed E-state index contributed by atoms with van der Waals surface area (Å²) in [7, 11) is 0. The van der Waals surface area contributed by atoms with Gasteiger partial charge in [0.2, 0.25) is 5.82 Å². The number of aromatic nitrogens is 4. The molecule has 2 aromatic carbocycles. The Labute approximate surface area is 221 Å². The highest BCUT2D eigenvalue weighted by Crippen LogP contribution is 2.39. The molecule has 0 saturated carbocycles. The molecule has 0 radical (unpaired) electrons. The Hall–Kier alpha value is -4.32. The number of hydrogen-bond donors (Lipinski definition) is 3. The van der Waals surface area contributed by atoms with Crippen molar-refractivity contribution in [2.45, 2.75) is 31.9 Å². The topological polar surface area (TPSA) is 113 Å². The lowest BCUT2D eigenvalue weighted by atomic mass is 9.99. The zero-order valence-corrected chi connectivity index (χ0v) is 20.6. The third-order valence-corrected chi connectivity index (χ3v) is 5.73. The van der Waals surface area contributed by atoms with Crippen molar-refractivity contribution < 1.29 is 32.2 Å². The molecule has 204 valence electrons. The number of nitrogens with one attached hydrogen (secondary N) is 2. The molecule has 12 heteroatoms. The number of alkyl halides is 3. The van der Waals surface area contributed by atoms with E-state index in [2.05, 4.69) is 25.5 Å². The van der Waals surface area contributed by atoms with Gasteiger partial charge in [0.15, 0.2) is 0 Å². The minimum Gasteiger partial charge on any atom is -0.494 e. The number of unbranched alkanes of at least 4 members (excludes halogenated alkanes) is 2. The molecule has 0 saturated heterocycles. The van der Waals surface area contributed by atoms with Crippen LogP contribution in [0.4, 0.5) is 23.4 Å². The van der Waals surface area contributed by atoms with Gasteiger partial charge in [-0.3, -0.25) is 9.89 Å². The molecule has 0 unspecified atom stereocenters. The number of ether oxygens (including phenoxy) is 1. The first kappa shape index (κ1) is 27.7. The molecule has 0 bridgehead atoms. The summed E-state index contributed by atoms with van der Waals surface area (Å²) in [5.74, 6) is -0.896. The van der Waals surface area contributed by atoms with Crippen LogP contribution in [-0.2, 0) is 12.6 Å². The van der Waals surface area contributed by atoms with Gasteiger partial charge in [-0.15, -0.1) is 5.10 Å². The van der Waals surface area contributed by atoms with E-state index < -0.39 is 23.5 Å². The number of nitrogens with zero attached hydrogens (tertiary/aromatic N) is 3. The quantitative estimate of drug-likeness (QED) is 0.172. The minimum absolute atomic E-state index is 0.0126. The lowest BCUT2D eigenvalue weighted by molar-refractivity contribution is -0.137. The summed E-state index contributed by atoms with van der Waals surface area (Å²) in [6.45, 7) is 0.356. The fraction of sp³-hybridized carbons (Fsp3) is 0.259. The second kappa shape index (κ2) is 12.5. The van der Waals surface area contributed by atoms with E-state index in [1.807, 2.05) is 0 Å². The van der Waals surface area contributed by atoms with Crippen molar-refractivity contribution in [1.29, 1.82) is 0 Å². The van der Waals surface area contributed by atoms with Gasteiger partial charge in [-0.05, 0) is 72.4 Å². The Morgan fingerprint density at radius 3 is 2.64 bits per heavy atom. The molecular weight excluding hydrogens is 518 g/mol. The average molecular weight is 544 g/mol. The summed E-state index contributed by atoms with van der Waals surface area (Å²) in [4.78, 5) is 20.8. The molecule has 0 fully saturated rings.